The largest absolute Gasteiger partial charge is 0.434 e. The van der Waals surface area contributed by atoms with Crippen molar-refractivity contribution in [3.05, 3.63) is 69.1 Å². The summed E-state index contributed by atoms with van der Waals surface area (Å²) in [5.74, 6) is -0.710. The Bertz CT molecular complexity index is 920. The van der Waals surface area contributed by atoms with Crippen LogP contribution in [0.1, 0.15) is 27.9 Å². The molecule has 3 aromatic rings. The van der Waals surface area contributed by atoms with E-state index in [9.17, 15) is 18.0 Å². The van der Waals surface area contributed by atoms with Crippen LogP contribution in [0.3, 0.4) is 0 Å². The van der Waals surface area contributed by atoms with Gasteiger partial charge in [-0.1, -0.05) is 17.7 Å². The molecule has 2 heterocycles. The van der Waals surface area contributed by atoms with Crippen LogP contribution in [-0.2, 0) is 12.7 Å². The van der Waals surface area contributed by atoms with Gasteiger partial charge in [-0.25, -0.2) is 4.68 Å². The zero-order chi connectivity index (χ0) is 19.6. The lowest BCUT2D eigenvalue weighted by Gasteiger charge is -2.21. The average Bonchev–Trinajstić information content (AvgIpc) is 3.29. The lowest BCUT2D eigenvalue weighted by atomic mass is 10.2. The Morgan fingerprint density at radius 1 is 1.26 bits per heavy atom. The minimum Gasteiger partial charge on any atom is -0.334 e. The molecule has 0 atom stereocenters. The highest BCUT2D eigenvalue weighted by Crippen LogP contribution is 2.34. The molecule has 1 aromatic carbocycles. The number of thiophene rings is 1. The Balaban J connectivity index is 2.02. The highest BCUT2D eigenvalue weighted by molar-refractivity contribution is 7.09. The van der Waals surface area contributed by atoms with Crippen molar-refractivity contribution in [2.45, 2.75) is 19.6 Å². The maximum atomic E-state index is 13.8. The van der Waals surface area contributed by atoms with Gasteiger partial charge >= 0.3 is 6.18 Å². The molecule has 0 saturated heterocycles. The van der Waals surface area contributed by atoms with Crippen molar-refractivity contribution in [2.75, 3.05) is 6.54 Å². The van der Waals surface area contributed by atoms with Crippen molar-refractivity contribution < 1.29 is 18.0 Å². The second-order valence-corrected chi connectivity index (χ2v) is 7.16. The molecule has 1 amide bonds. The van der Waals surface area contributed by atoms with E-state index in [0.717, 1.165) is 15.8 Å². The molecule has 0 aliphatic heterocycles. The van der Waals surface area contributed by atoms with Gasteiger partial charge in [0.25, 0.3) is 5.91 Å². The maximum Gasteiger partial charge on any atom is 0.434 e. The number of nitrogens with zero attached hydrogens (tertiary/aromatic N) is 3. The van der Waals surface area contributed by atoms with E-state index >= 15 is 0 Å². The van der Waals surface area contributed by atoms with Gasteiger partial charge in [-0.3, -0.25) is 4.79 Å². The standard InChI is InChI=1S/C18H15ClF3N3OS/c1-2-24(11-14-4-3-9-27-14)17(26)15-10-23-25(16(15)18(20,21)22)13-7-5-12(19)6-8-13/h3-10H,2,11H2,1H3. The lowest BCUT2D eigenvalue weighted by molar-refractivity contribution is -0.143. The Hall–Kier alpha value is -2.32. The maximum absolute atomic E-state index is 13.8. The summed E-state index contributed by atoms with van der Waals surface area (Å²) in [7, 11) is 0. The minimum atomic E-state index is -4.75. The number of carbonyl (C=O) groups is 1. The van der Waals surface area contributed by atoms with Gasteiger partial charge in [0, 0.05) is 16.4 Å². The van der Waals surface area contributed by atoms with Gasteiger partial charge in [0.05, 0.1) is 24.0 Å². The molecule has 0 aliphatic rings. The van der Waals surface area contributed by atoms with Gasteiger partial charge in [0.1, 0.15) is 0 Å². The molecular formula is C18H15ClF3N3OS. The predicted molar refractivity (Wildman–Crippen MR) is 98.3 cm³/mol. The number of hydrogen-bond acceptors (Lipinski definition) is 3. The summed E-state index contributed by atoms with van der Waals surface area (Å²) in [5.41, 5.74) is -1.40. The third-order valence-corrected chi connectivity index (χ3v) is 5.05. The van der Waals surface area contributed by atoms with E-state index in [-0.39, 0.29) is 18.8 Å². The molecule has 9 heteroatoms. The predicted octanol–water partition coefficient (Wildman–Crippen LogP) is 5.27. The van der Waals surface area contributed by atoms with E-state index in [1.807, 2.05) is 17.5 Å². The molecule has 0 saturated carbocycles. The van der Waals surface area contributed by atoms with Crippen LogP contribution in [0, 0.1) is 0 Å². The molecule has 3 rings (SSSR count). The minimum absolute atomic E-state index is 0.173. The number of hydrogen-bond donors (Lipinski definition) is 0. The molecule has 0 bridgehead atoms. The first-order valence-electron chi connectivity index (χ1n) is 8.04. The van der Waals surface area contributed by atoms with E-state index < -0.39 is 23.3 Å². The summed E-state index contributed by atoms with van der Waals surface area (Å²) in [6.07, 6.45) is -3.78. The van der Waals surface area contributed by atoms with Crippen molar-refractivity contribution in [3.8, 4) is 5.69 Å². The van der Waals surface area contributed by atoms with Crippen molar-refractivity contribution in [1.82, 2.24) is 14.7 Å². The van der Waals surface area contributed by atoms with Gasteiger partial charge in [-0.05, 0) is 42.6 Å². The summed E-state index contributed by atoms with van der Waals surface area (Å²) in [4.78, 5) is 15.1. The fourth-order valence-electron chi connectivity index (χ4n) is 2.64. The molecule has 4 nitrogen and oxygen atoms in total. The second-order valence-electron chi connectivity index (χ2n) is 5.69. The van der Waals surface area contributed by atoms with Crippen molar-refractivity contribution >= 4 is 28.8 Å². The number of carbonyl (C=O) groups excluding carboxylic acids is 1. The van der Waals surface area contributed by atoms with Gasteiger partial charge < -0.3 is 4.90 Å². The smallest absolute Gasteiger partial charge is 0.334 e. The first kappa shape index (κ1) is 19.4. The van der Waals surface area contributed by atoms with Crippen molar-refractivity contribution in [2.24, 2.45) is 0 Å². The first-order valence-corrected chi connectivity index (χ1v) is 9.30. The lowest BCUT2D eigenvalue weighted by Crippen LogP contribution is -2.31. The topological polar surface area (TPSA) is 38.1 Å². The zero-order valence-corrected chi connectivity index (χ0v) is 15.8. The molecule has 0 unspecified atom stereocenters. The number of alkyl halides is 3. The number of halogens is 4. The monoisotopic (exact) mass is 413 g/mol. The molecule has 0 aliphatic carbocycles. The SMILES string of the molecule is CCN(Cc1cccs1)C(=O)c1cnn(-c2ccc(Cl)cc2)c1C(F)(F)F. The Kier molecular flexibility index (Phi) is 5.57. The normalized spacial score (nSPS) is 11.6. The molecule has 0 fully saturated rings. The van der Waals surface area contributed by atoms with E-state index in [1.54, 1.807) is 6.92 Å². The number of benzene rings is 1. The van der Waals surface area contributed by atoms with Gasteiger partial charge in [0.15, 0.2) is 5.69 Å². The summed E-state index contributed by atoms with van der Waals surface area (Å²) in [6, 6.07) is 9.44. The third kappa shape index (κ3) is 4.17. The van der Waals surface area contributed by atoms with Gasteiger partial charge in [-0.15, -0.1) is 11.3 Å². The summed E-state index contributed by atoms with van der Waals surface area (Å²) >= 11 is 7.24. The van der Waals surface area contributed by atoms with Gasteiger partial charge in [-0.2, -0.15) is 18.3 Å². The Morgan fingerprint density at radius 2 is 1.96 bits per heavy atom. The molecule has 2 aromatic heterocycles. The summed E-state index contributed by atoms with van der Waals surface area (Å²) in [5, 5.41) is 6.07. The fourth-order valence-corrected chi connectivity index (χ4v) is 3.49. The van der Waals surface area contributed by atoms with E-state index in [0.29, 0.717) is 5.02 Å². The van der Waals surface area contributed by atoms with E-state index in [1.165, 1.54) is 40.5 Å². The van der Waals surface area contributed by atoms with E-state index in [2.05, 4.69) is 5.10 Å². The van der Waals surface area contributed by atoms with Crippen LogP contribution in [0.25, 0.3) is 5.69 Å². The summed E-state index contributed by atoms with van der Waals surface area (Å²) < 4.78 is 42.0. The highest BCUT2D eigenvalue weighted by Gasteiger charge is 2.41. The van der Waals surface area contributed by atoms with Gasteiger partial charge in [0.2, 0.25) is 0 Å². The number of amides is 1. The van der Waals surface area contributed by atoms with Crippen LogP contribution in [0.5, 0.6) is 0 Å². The average molecular weight is 414 g/mol. The fraction of sp³-hybridized carbons (Fsp3) is 0.222. The Labute approximate surface area is 162 Å². The van der Waals surface area contributed by atoms with Crippen LogP contribution >= 0.6 is 22.9 Å². The number of aromatic nitrogens is 2. The molecule has 0 spiro atoms. The zero-order valence-electron chi connectivity index (χ0n) is 14.2. The second kappa shape index (κ2) is 7.74. The highest BCUT2D eigenvalue weighted by atomic mass is 35.5. The molecule has 142 valence electrons. The van der Waals surface area contributed by atoms with Crippen LogP contribution < -0.4 is 0 Å². The van der Waals surface area contributed by atoms with Crippen molar-refractivity contribution in [3.63, 3.8) is 0 Å². The molecule has 27 heavy (non-hydrogen) atoms. The first-order chi connectivity index (χ1) is 12.8. The third-order valence-electron chi connectivity index (χ3n) is 3.94. The van der Waals surface area contributed by atoms with Crippen LogP contribution in [0.4, 0.5) is 13.2 Å². The molecule has 0 N–H and O–H groups in total. The summed E-state index contributed by atoms with van der Waals surface area (Å²) in [6.45, 7) is 2.25. The van der Waals surface area contributed by atoms with Crippen LogP contribution in [-0.4, -0.2) is 27.1 Å². The molecular weight excluding hydrogens is 399 g/mol. The quantitative estimate of drug-likeness (QED) is 0.571. The van der Waals surface area contributed by atoms with E-state index in [4.69, 9.17) is 11.6 Å². The van der Waals surface area contributed by atoms with Crippen LogP contribution in [0.2, 0.25) is 5.02 Å². The molecule has 0 radical (unpaired) electrons. The number of rotatable bonds is 5. The van der Waals surface area contributed by atoms with Crippen molar-refractivity contribution in [1.29, 1.82) is 0 Å². The van der Waals surface area contributed by atoms with Crippen LogP contribution in [0.15, 0.2) is 48.0 Å². The Morgan fingerprint density at radius 3 is 2.52 bits per heavy atom.